The summed E-state index contributed by atoms with van der Waals surface area (Å²) in [5.41, 5.74) is 1.35. The molecular formula is C11H13FN2. The van der Waals surface area contributed by atoms with E-state index in [4.69, 9.17) is 5.26 Å². The second kappa shape index (κ2) is 4.61. The van der Waals surface area contributed by atoms with Crippen molar-refractivity contribution < 1.29 is 4.39 Å². The fourth-order valence-corrected chi connectivity index (χ4v) is 1.07. The summed E-state index contributed by atoms with van der Waals surface area (Å²) < 4.78 is 13.3. The summed E-state index contributed by atoms with van der Waals surface area (Å²) in [6, 6.07) is 7.08. The molecule has 1 atom stereocenters. The van der Waals surface area contributed by atoms with Crippen molar-refractivity contribution >= 4 is 5.69 Å². The maximum absolute atomic E-state index is 13.3. The Kier molecular flexibility index (Phi) is 3.47. The zero-order valence-corrected chi connectivity index (χ0v) is 8.34. The number of benzene rings is 1. The van der Waals surface area contributed by atoms with Crippen LogP contribution in [-0.4, -0.2) is 6.54 Å². The Labute approximate surface area is 83.4 Å². The van der Waals surface area contributed by atoms with Crippen LogP contribution in [0.5, 0.6) is 0 Å². The summed E-state index contributed by atoms with van der Waals surface area (Å²) in [4.78, 5) is 0. The topological polar surface area (TPSA) is 35.8 Å². The standard InChI is InChI=1S/C11H13FN2/c1-8-3-4-11(10(12)5-8)14-7-9(2)6-13/h3-5,9,14H,7H2,1-2H3. The molecule has 0 bridgehead atoms. The first kappa shape index (κ1) is 10.5. The quantitative estimate of drug-likeness (QED) is 0.799. The van der Waals surface area contributed by atoms with Crippen molar-refractivity contribution in [3.8, 4) is 6.07 Å². The Balaban J connectivity index is 2.64. The molecule has 0 aliphatic rings. The monoisotopic (exact) mass is 192 g/mol. The van der Waals surface area contributed by atoms with Gasteiger partial charge in [0.25, 0.3) is 0 Å². The summed E-state index contributed by atoms with van der Waals surface area (Å²) in [6.45, 7) is 4.10. The van der Waals surface area contributed by atoms with Crippen molar-refractivity contribution in [3.05, 3.63) is 29.6 Å². The lowest BCUT2D eigenvalue weighted by Gasteiger charge is -2.08. The third kappa shape index (κ3) is 2.74. The van der Waals surface area contributed by atoms with Crippen molar-refractivity contribution in [2.24, 2.45) is 5.92 Å². The lowest BCUT2D eigenvalue weighted by molar-refractivity contribution is 0.627. The number of hydrogen-bond acceptors (Lipinski definition) is 2. The number of aryl methyl sites for hydroxylation is 1. The summed E-state index contributed by atoms with van der Waals surface area (Å²) in [5.74, 6) is -0.383. The van der Waals surface area contributed by atoms with E-state index in [1.807, 2.05) is 13.0 Å². The molecule has 3 heteroatoms. The first-order valence-electron chi connectivity index (χ1n) is 4.53. The van der Waals surface area contributed by atoms with Gasteiger partial charge in [-0.05, 0) is 31.5 Å². The molecule has 0 saturated heterocycles. The van der Waals surface area contributed by atoms with Crippen LogP contribution in [0.3, 0.4) is 0 Å². The highest BCUT2D eigenvalue weighted by Gasteiger charge is 2.03. The highest BCUT2D eigenvalue weighted by molar-refractivity contribution is 5.46. The van der Waals surface area contributed by atoms with E-state index >= 15 is 0 Å². The number of anilines is 1. The summed E-state index contributed by atoms with van der Waals surface area (Å²) in [5, 5.41) is 11.4. The van der Waals surface area contributed by atoms with E-state index in [-0.39, 0.29) is 11.7 Å². The predicted molar refractivity (Wildman–Crippen MR) is 54.4 cm³/mol. The number of nitrogens with zero attached hydrogens (tertiary/aromatic N) is 1. The molecule has 74 valence electrons. The van der Waals surface area contributed by atoms with Gasteiger partial charge in [-0.25, -0.2) is 4.39 Å². The molecular weight excluding hydrogens is 179 g/mol. The zero-order valence-electron chi connectivity index (χ0n) is 8.34. The van der Waals surface area contributed by atoms with E-state index < -0.39 is 0 Å². The van der Waals surface area contributed by atoms with Crippen LogP contribution in [-0.2, 0) is 0 Å². The minimum Gasteiger partial charge on any atom is -0.381 e. The van der Waals surface area contributed by atoms with Crippen LogP contribution < -0.4 is 5.32 Å². The molecule has 0 radical (unpaired) electrons. The summed E-state index contributed by atoms with van der Waals surface area (Å²) in [6.07, 6.45) is 0. The van der Waals surface area contributed by atoms with Gasteiger partial charge < -0.3 is 5.32 Å². The van der Waals surface area contributed by atoms with Crippen LogP contribution in [0, 0.1) is 30.0 Å². The maximum atomic E-state index is 13.3. The summed E-state index contributed by atoms with van der Waals surface area (Å²) >= 11 is 0. The molecule has 1 rings (SSSR count). The minimum absolute atomic E-state index is 0.115. The van der Waals surface area contributed by atoms with Crippen LogP contribution in [0.15, 0.2) is 18.2 Å². The molecule has 0 aliphatic heterocycles. The first-order chi connectivity index (χ1) is 6.63. The van der Waals surface area contributed by atoms with E-state index in [0.717, 1.165) is 5.56 Å². The maximum Gasteiger partial charge on any atom is 0.146 e. The van der Waals surface area contributed by atoms with E-state index in [9.17, 15) is 4.39 Å². The van der Waals surface area contributed by atoms with Gasteiger partial charge in [0.1, 0.15) is 5.82 Å². The number of hydrogen-bond donors (Lipinski definition) is 1. The van der Waals surface area contributed by atoms with Gasteiger partial charge in [0.2, 0.25) is 0 Å². The van der Waals surface area contributed by atoms with Crippen molar-refractivity contribution in [1.82, 2.24) is 0 Å². The van der Waals surface area contributed by atoms with Gasteiger partial charge in [0.15, 0.2) is 0 Å². The largest absolute Gasteiger partial charge is 0.381 e. The second-order valence-electron chi connectivity index (χ2n) is 3.39. The van der Waals surface area contributed by atoms with Gasteiger partial charge in [-0.15, -0.1) is 0 Å². The Morgan fingerprint density at radius 2 is 2.29 bits per heavy atom. The Hall–Kier alpha value is -1.56. The average molecular weight is 192 g/mol. The van der Waals surface area contributed by atoms with Crippen LogP contribution in [0.4, 0.5) is 10.1 Å². The molecule has 0 aromatic heterocycles. The van der Waals surface area contributed by atoms with Gasteiger partial charge >= 0.3 is 0 Å². The molecule has 0 saturated carbocycles. The molecule has 2 nitrogen and oxygen atoms in total. The number of rotatable bonds is 3. The molecule has 1 aromatic rings. The van der Waals surface area contributed by atoms with E-state index in [1.165, 1.54) is 6.07 Å². The minimum atomic E-state index is -0.268. The van der Waals surface area contributed by atoms with E-state index in [0.29, 0.717) is 12.2 Å². The van der Waals surface area contributed by atoms with Gasteiger partial charge in [0.05, 0.1) is 17.7 Å². The normalized spacial score (nSPS) is 11.9. The first-order valence-corrected chi connectivity index (χ1v) is 4.53. The second-order valence-corrected chi connectivity index (χ2v) is 3.39. The molecule has 0 fully saturated rings. The number of halogens is 1. The fourth-order valence-electron chi connectivity index (χ4n) is 1.07. The molecule has 1 unspecified atom stereocenters. The predicted octanol–water partition coefficient (Wildman–Crippen LogP) is 2.71. The van der Waals surface area contributed by atoms with Gasteiger partial charge in [-0.3, -0.25) is 0 Å². The van der Waals surface area contributed by atoms with E-state index in [2.05, 4.69) is 11.4 Å². The molecule has 1 N–H and O–H groups in total. The van der Waals surface area contributed by atoms with Crippen molar-refractivity contribution in [2.45, 2.75) is 13.8 Å². The highest BCUT2D eigenvalue weighted by atomic mass is 19.1. The fraction of sp³-hybridized carbons (Fsp3) is 0.364. The van der Waals surface area contributed by atoms with Crippen LogP contribution >= 0.6 is 0 Å². The Bertz CT molecular complexity index is 355. The molecule has 14 heavy (non-hydrogen) atoms. The Morgan fingerprint density at radius 1 is 1.57 bits per heavy atom. The molecule has 0 aliphatic carbocycles. The SMILES string of the molecule is Cc1ccc(NCC(C)C#N)c(F)c1. The van der Waals surface area contributed by atoms with Crippen molar-refractivity contribution in [3.63, 3.8) is 0 Å². The Morgan fingerprint density at radius 3 is 2.86 bits per heavy atom. The van der Waals surface area contributed by atoms with Crippen LogP contribution in [0.2, 0.25) is 0 Å². The zero-order chi connectivity index (χ0) is 10.6. The van der Waals surface area contributed by atoms with Crippen molar-refractivity contribution in [2.75, 3.05) is 11.9 Å². The third-order valence-corrected chi connectivity index (χ3v) is 1.94. The van der Waals surface area contributed by atoms with Crippen LogP contribution in [0.25, 0.3) is 0 Å². The van der Waals surface area contributed by atoms with Crippen LogP contribution in [0.1, 0.15) is 12.5 Å². The smallest absolute Gasteiger partial charge is 0.146 e. The molecule has 1 aromatic carbocycles. The van der Waals surface area contributed by atoms with Crippen molar-refractivity contribution in [1.29, 1.82) is 5.26 Å². The van der Waals surface area contributed by atoms with Gasteiger partial charge in [0, 0.05) is 6.54 Å². The number of nitriles is 1. The lowest BCUT2D eigenvalue weighted by atomic mass is 10.2. The van der Waals surface area contributed by atoms with E-state index in [1.54, 1.807) is 13.0 Å². The lowest BCUT2D eigenvalue weighted by Crippen LogP contribution is -2.10. The van der Waals surface area contributed by atoms with Gasteiger partial charge in [-0.2, -0.15) is 5.26 Å². The molecule has 0 heterocycles. The molecule has 0 spiro atoms. The average Bonchev–Trinajstić information content (AvgIpc) is 2.16. The van der Waals surface area contributed by atoms with Gasteiger partial charge in [-0.1, -0.05) is 6.07 Å². The highest BCUT2D eigenvalue weighted by Crippen LogP contribution is 2.15. The molecule has 0 amide bonds. The third-order valence-electron chi connectivity index (χ3n) is 1.94. The number of nitrogens with one attached hydrogen (secondary N) is 1. The summed E-state index contributed by atoms with van der Waals surface area (Å²) in [7, 11) is 0.